The van der Waals surface area contributed by atoms with Crippen LogP contribution in [0.25, 0.3) is 0 Å². The van der Waals surface area contributed by atoms with Crippen molar-refractivity contribution in [2.75, 3.05) is 60.6 Å². The van der Waals surface area contributed by atoms with Gasteiger partial charge in [0.25, 0.3) is 0 Å². The standard InChI is InChI=1S/C20H25F3N6O/c21-20(22,23)15-30-19-25-17(28-9-5-2-6-10-28)24-18(26-19)29-13-11-27(12-14-29)16-7-3-1-4-8-16/h1,3-4,7-8H,2,5-6,9-15H2. The molecule has 0 N–H and O–H groups in total. The molecule has 3 heterocycles. The fraction of sp³-hybridized carbons (Fsp3) is 0.550. The second-order valence-corrected chi connectivity index (χ2v) is 7.48. The smallest absolute Gasteiger partial charge is 0.422 e. The Morgan fingerprint density at radius 3 is 1.90 bits per heavy atom. The van der Waals surface area contributed by atoms with Gasteiger partial charge in [-0.3, -0.25) is 0 Å². The molecule has 30 heavy (non-hydrogen) atoms. The summed E-state index contributed by atoms with van der Waals surface area (Å²) in [6.45, 7) is 3.01. The van der Waals surface area contributed by atoms with Crippen molar-refractivity contribution >= 4 is 17.6 Å². The monoisotopic (exact) mass is 422 g/mol. The topological polar surface area (TPSA) is 57.6 Å². The Balaban J connectivity index is 1.51. The first kappa shape index (κ1) is 20.5. The van der Waals surface area contributed by atoms with Crippen LogP contribution in [0, 0.1) is 0 Å². The number of piperidine rings is 1. The molecule has 0 unspecified atom stereocenters. The summed E-state index contributed by atoms with van der Waals surface area (Å²) in [4.78, 5) is 19.2. The summed E-state index contributed by atoms with van der Waals surface area (Å²) in [6, 6.07) is 9.84. The minimum absolute atomic E-state index is 0.275. The summed E-state index contributed by atoms with van der Waals surface area (Å²) >= 11 is 0. The van der Waals surface area contributed by atoms with E-state index in [1.54, 1.807) is 0 Å². The van der Waals surface area contributed by atoms with Gasteiger partial charge in [0, 0.05) is 45.0 Å². The maximum absolute atomic E-state index is 12.6. The van der Waals surface area contributed by atoms with Crippen LogP contribution in [0.4, 0.5) is 30.8 Å². The third kappa shape index (κ3) is 5.22. The molecule has 2 saturated heterocycles. The lowest BCUT2D eigenvalue weighted by molar-refractivity contribution is -0.154. The number of anilines is 3. The molecular weight excluding hydrogens is 397 g/mol. The molecule has 0 amide bonds. The van der Waals surface area contributed by atoms with E-state index >= 15 is 0 Å². The molecule has 2 fully saturated rings. The van der Waals surface area contributed by atoms with Crippen molar-refractivity contribution in [1.82, 2.24) is 15.0 Å². The molecular formula is C20H25F3N6O. The number of alkyl halides is 3. The van der Waals surface area contributed by atoms with Crippen LogP contribution in [0.2, 0.25) is 0 Å². The maximum atomic E-state index is 12.6. The van der Waals surface area contributed by atoms with E-state index in [2.05, 4.69) is 32.0 Å². The number of para-hydroxylation sites is 1. The van der Waals surface area contributed by atoms with Crippen LogP contribution in [0.1, 0.15) is 19.3 Å². The summed E-state index contributed by atoms with van der Waals surface area (Å²) in [5, 5.41) is 0. The number of piperazine rings is 1. The molecule has 0 aliphatic carbocycles. The normalized spacial score (nSPS) is 17.9. The summed E-state index contributed by atoms with van der Waals surface area (Å²) in [5.41, 5.74) is 1.15. The summed E-state index contributed by atoms with van der Waals surface area (Å²) < 4.78 is 42.8. The third-order valence-corrected chi connectivity index (χ3v) is 5.28. The van der Waals surface area contributed by atoms with Gasteiger partial charge in [-0.2, -0.15) is 28.1 Å². The molecule has 4 rings (SSSR count). The van der Waals surface area contributed by atoms with Crippen LogP contribution in [0.15, 0.2) is 30.3 Å². The Morgan fingerprint density at radius 2 is 1.30 bits per heavy atom. The summed E-state index contributed by atoms with van der Waals surface area (Å²) in [6.07, 6.45) is -1.29. The summed E-state index contributed by atoms with van der Waals surface area (Å²) in [7, 11) is 0. The number of benzene rings is 1. The van der Waals surface area contributed by atoms with Crippen LogP contribution in [0.3, 0.4) is 0 Å². The van der Waals surface area contributed by atoms with Crippen LogP contribution in [-0.2, 0) is 0 Å². The minimum atomic E-state index is -4.45. The van der Waals surface area contributed by atoms with Gasteiger partial charge in [0.05, 0.1) is 0 Å². The highest BCUT2D eigenvalue weighted by atomic mass is 19.4. The molecule has 0 atom stereocenters. The van der Waals surface area contributed by atoms with E-state index in [9.17, 15) is 13.2 Å². The fourth-order valence-corrected chi connectivity index (χ4v) is 3.73. The fourth-order valence-electron chi connectivity index (χ4n) is 3.73. The molecule has 7 nitrogen and oxygen atoms in total. The largest absolute Gasteiger partial charge is 0.454 e. The van der Waals surface area contributed by atoms with Gasteiger partial charge >= 0.3 is 12.2 Å². The third-order valence-electron chi connectivity index (χ3n) is 5.28. The Morgan fingerprint density at radius 1 is 0.733 bits per heavy atom. The van der Waals surface area contributed by atoms with Gasteiger partial charge in [-0.25, -0.2) is 0 Å². The zero-order valence-electron chi connectivity index (χ0n) is 16.7. The van der Waals surface area contributed by atoms with Crippen LogP contribution < -0.4 is 19.4 Å². The van der Waals surface area contributed by atoms with Gasteiger partial charge in [0.1, 0.15) is 0 Å². The highest BCUT2D eigenvalue weighted by molar-refractivity contribution is 5.49. The van der Waals surface area contributed by atoms with Crippen molar-refractivity contribution in [3.05, 3.63) is 30.3 Å². The number of ether oxygens (including phenoxy) is 1. The van der Waals surface area contributed by atoms with E-state index in [0.717, 1.165) is 51.1 Å². The average Bonchev–Trinajstić information content (AvgIpc) is 2.78. The van der Waals surface area contributed by atoms with E-state index in [1.807, 2.05) is 28.0 Å². The van der Waals surface area contributed by atoms with E-state index < -0.39 is 12.8 Å². The van der Waals surface area contributed by atoms with Crippen molar-refractivity contribution < 1.29 is 17.9 Å². The number of hydrogen-bond acceptors (Lipinski definition) is 7. The van der Waals surface area contributed by atoms with Crippen molar-refractivity contribution in [1.29, 1.82) is 0 Å². The molecule has 2 aliphatic heterocycles. The maximum Gasteiger partial charge on any atom is 0.422 e. The Bertz CT molecular complexity index is 821. The lowest BCUT2D eigenvalue weighted by atomic mass is 10.1. The number of aromatic nitrogens is 3. The molecule has 0 saturated carbocycles. The van der Waals surface area contributed by atoms with Crippen molar-refractivity contribution in [2.24, 2.45) is 0 Å². The molecule has 2 aliphatic rings. The van der Waals surface area contributed by atoms with Crippen molar-refractivity contribution in [2.45, 2.75) is 25.4 Å². The van der Waals surface area contributed by atoms with E-state index in [4.69, 9.17) is 4.74 Å². The highest BCUT2D eigenvalue weighted by Gasteiger charge is 2.30. The molecule has 1 aromatic carbocycles. The molecule has 10 heteroatoms. The first-order chi connectivity index (χ1) is 14.5. The average molecular weight is 422 g/mol. The molecule has 0 bridgehead atoms. The van der Waals surface area contributed by atoms with E-state index in [0.29, 0.717) is 25.0 Å². The van der Waals surface area contributed by atoms with Crippen molar-refractivity contribution in [3.8, 4) is 6.01 Å². The predicted molar refractivity (Wildman–Crippen MR) is 108 cm³/mol. The van der Waals surface area contributed by atoms with Crippen LogP contribution in [-0.4, -0.2) is 67.0 Å². The lowest BCUT2D eigenvalue weighted by Gasteiger charge is -2.36. The highest BCUT2D eigenvalue weighted by Crippen LogP contribution is 2.24. The quantitative estimate of drug-likeness (QED) is 0.734. The van der Waals surface area contributed by atoms with Crippen molar-refractivity contribution in [3.63, 3.8) is 0 Å². The minimum Gasteiger partial charge on any atom is -0.454 e. The van der Waals surface area contributed by atoms with Gasteiger partial charge in [-0.15, -0.1) is 0 Å². The van der Waals surface area contributed by atoms with Gasteiger partial charge in [0.2, 0.25) is 11.9 Å². The zero-order chi connectivity index (χ0) is 21.0. The first-order valence-corrected chi connectivity index (χ1v) is 10.2. The number of halogens is 3. The molecule has 0 radical (unpaired) electrons. The second-order valence-electron chi connectivity index (χ2n) is 7.48. The lowest BCUT2D eigenvalue weighted by Crippen LogP contribution is -2.47. The molecule has 162 valence electrons. The number of hydrogen-bond donors (Lipinski definition) is 0. The zero-order valence-corrected chi connectivity index (χ0v) is 16.7. The first-order valence-electron chi connectivity index (χ1n) is 10.2. The van der Waals surface area contributed by atoms with Crippen LogP contribution in [0.5, 0.6) is 6.01 Å². The Hall–Kier alpha value is -2.78. The molecule has 1 aromatic heterocycles. The Kier molecular flexibility index (Phi) is 6.10. The van der Waals surface area contributed by atoms with Gasteiger partial charge in [-0.05, 0) is 31.4 Å². The number of nitrogens with zero attached hydrogens (tertiary/aromatic N) is 6. The SMILES string of the molecule is FC(F)(F)COc1nc(N2CCCCC2)nc(N2CCN(c3ccccc3)CC2)n1. The molecule has 0 spiro atoms. The summed E-state index contributed by atoms with van der Waals surface area (Å²) in [5.74, 6) is 0.762. The molecule has 2 aromatic rings. The van der Waals surface area contributed by atoms with Gasteiger partial charge < -0.3 is 19.4 Å². The van der Waals surface area contributed by atoms with E-state index in [1.165, 1.54) is 0 Å². The van der Waals surface area contributed by atoms with Gasteiger partial charge in [-0.1, -0.05) is 18.2 Å². The van der Waals surface area contributed by atoms with Crippen LogP contribution >= 0.6 is 0 Å². The van der Waals surface area contributed by atoms with E-state index in [-0.39, 0.29) is 6.01 Å². The Labute approximate surface area is 173 Å². The predicted octanol–water partition coefficient (Wildman–Crippen LogP) is 3.13. The number of rotatable bonds is 5. The van der Waals surface area contributed by atoms with Gasteiger partial charge in [0.15, 0.2) is 6.61 Å². The second kappa shape index (κ2) is 8.93.